The summed E-state index contributed by atoms with van der Waals surface area (Å²) in [6, 6.07) is 4.27. The van der Waals surface area contributed by atoms with E-state index in [-0.39, 0.29) is 5.91 Å². The molecule has 0 bridgehead atoms. The Morgan fingerprint density at radius 2 is 2.12 bits per heavy atom. The maximum atomic E-state index is 12.9. The van der Waals surface area contributed by atoms with Gasteiger partial charge in [0.25, 0.3) is 5.91 Å². The number of thiophene rings is 1. The SMILES string of the molecule is CN1CCN(C(=O)c2n[nH]c3c2CN(Cc2cccs2)CC3)CC1. The number of hydrogen-bond donors (Lipinski definition) is 1. The van der Waals surface area contributed by atoms with Crippen LogP contribution >= 0.6 is 11.3 Å². The molecule has 24 heavy (non-hydrogen) atoms. The van der Waals surface area contributed by atoms with E-state index in [2.05, 4.69) is 44.6 Å². The van der Waals surface area contributed by atoms with Crippen LogP contribution in [0.15, 0.2) is 17.5 Å². The number of likely N-dealkylation sites (N-methyl/N-ethyl adjacent to an activating group) is 1. The summed E-state index contributed by atoms with van der Waals surface area (Å²) >= 11 is 1.79. The van der Waals surface area contributed by atoms with E-state index >= 15 is 0 Å². The largest absolute Gasteiger partial charge is 0.335 e. The molecule has 0 aromatic carbocycles. The fourth-order valence-corrected chi connectivity index (χ4v) is 4.19. The highest BCUT2D eigenvalue weighted by molar-refractivity contribution is 7.09. The van der Waals surface area contributed by atoms with Crippen molar-refractivity contribution >= 4 is 17.2 Å². The van der Waals surface area contributed by atoms with Crippen LogP contribution in [0.5, 0.6) is 0 Å². The number of rotatable bonds is 3. The number of H-pyrrole nitrogens is 1. The van der Waals surface area contributed by atoms with Gasteiger partial charge in [-0.3, -0.25) is 14.8 Å². The van der Waals surface area contributed by atoms with Crippen molar-refractivity contribution in [3.63, 3.8) is 0 Å². The quantitative estimate of drug-likeness (QED) is 0.914. The Kier molecular flexibility index (Phi) is 4.39. The van der Waals surface area contributed by atoms with Crippen molar-refractivity contribution < 1.29 is 4.79 Å². The highest BCUT2D eigenvalue weighted by atomic mass is 32.1. The summed E-state index contributed by atoms with van der Waals surface area (Å²) < 4.78 is 0. The van der Waals surface area contributed by atoms with E-state index in [4.69, 9.17) is 0 Å². The molecule has 0 unspecified atom stereocenters. The van der Waals surface area contributed by atoms with Crippen molar-refractivity contribution in [2.75, 3.05) is 39.8 Å². The smallest absolute Gasteiger partial charge is 0.274 e. The molecule has 1 N–H and O–H groups in total. The number of piperazine rings is 1. The lowest BCUT2D eigenvalue weighted by Crippen LogP contribution is -2.47. The van der Waals surface area contributed by atoms with Gasteiger partial charge in [0.2, 0.25) is 0 Å². The number of nitrogens with one attached hydrogen (secondary N) is 1. The Balaban J connectivity index is 1.49. The lowest BCUT2D eigenvalue weighted by molar-refractivity contribution is 0.0655. The van der Waals surface area contributed by atoms with Crippen molar-refractivity contribution in [3.05, 3.63) is 39.3 Å². The van der Waals surface area contributed by atoms with E-state index in [0.29, 0.717) is 5.69 Å². The maximum Gasteiger partial charge on any atom is 0.274 e. The van der Waals surface area contributed by atoms with Crippen LogP contribution in [0.25, 0.3) is 0 Å². The highest BCUT2D eigenvalue weighted by Gasteiger charge is 2.29. The van der Waals surface area contributed by atoms with Gasteiger partial charge in [-0.05, 0) is 18.5 Å². The molecule has 0 spiro atoms. The minimum atomic E-state index is 0.0820. The topological polar surface area (TPSA) is 55.5 Å². The molecular weight excluding hydrogens is 322 g/mol. The predicted molar refractivity (Wildman–Crippen MR) is 94.1 cm³/mol. The number of fused-ring (bicyclic) bond motifs is 1. The van der Waals surface area contributed by atoms with Gasteiger partial charge in [-0.1, -0.05) is 6.07 Å². The number of carbonyl (C=O) groups excluding carboxylic acids is 1. The minimum absolute atomic E-state index is 0.0820. The van der Waals surface area contributed by atoms with Crippen molar-refractivity contribution in [3.8, 4) is 0 Å². The molecule has 128 valence electrons. The van der Waals surface area contributed by atoms with Gasteiger partial charge < -0.3 is 9.80 Å². The third-order valence-corrected chi connectivity index (χ3v) is 5.83. The van der Waals surface area contributed by atoms with Crippen molar-refractivity contribution in [2.24, 2.45) is 0 Å². The Labute approximate surface area is 146 Å². The maximum absolute atomic E-state index is 12.9. The van der Waals surface area contributed by atoms with Crippen LogP contribution in [0.3, 0.4) is 0 Å². The molecule has 2 aromatic rings. The van der Waals surface area contributed by atoms with Crippen LogP contribution in [-0.2, 0) is 19.5 Å². The molecule has 2 aromatic heterocycles. The van der Waals surface area contributed by atoms with Crippen LogP contribution in [0.2, 0.25) is 0 Å². The number of hydrogen-bond acceptors (Lipinski definition) is 5. The van der Waals surface area contributed by atoms with Gasteiger partial charge in [-0.25, -0.2) is 0 Å². The van der Waals surface area contributed by atoms with E-state index in [1.54, 1.807) is 11.3 Å². The summed E-state index contributed by atoms with van der Waals surface area (Å²) in [7, 11) is 2.10. The van der Waals surface area contributed by atoms with Crippen LogP contribution in [0, 0.1) is 0 Å². The van der Waals surface area contributed by atoms with Gasteiger partial charge >= 0.3 is 0 Å². The molecule has 2 aliphatic heterocycles. The summed E-state index contributed by atoms with van der Waals surface area (Å²) in [5.74, 6) is 0.0820. The normalized spacial score (nSPS) is 19.5. The molecule has 1 saturated heterocycles. The second-order valence-corrected chi connectivity index (χ2v) is 7.70. The molecule has 0 saturated carbocycles. The number of aromatic nitrogens is 2. The number of amides is 1. The third kappa shape index (κ3) is 3.11. The average molecular weight is 345 g/mol. The lowest BCUT2D eigenvalue weighted by atomic mass is 10.0. The van der Waals surface area contributed by atoms with Gasteiger partial charge in [0, 0.05) is 68.4 Å². The molecule has 1 amide bonds. The van der Waals surface area contributed by atoms with Gasteiger partial charge in [0.1, 0.15) is 0 Å². The van der Waals surface area contributed by atoms with Crippen molar-refractivity contribution in [1.29, 1.82) is 0 Å². The first-order valence-corrected chi connectivity index (χ1v) is 9.37. The molecule has 7 heteroatoms. The van der Waals surface area contributed by atoms with E-state index in [9.17, 15) is 4.79 Å². The Bertz CT molecular complexity index is 703. The second kappa shape index (κ2) is 6.66. The zero-order valence-electron chi connectivity index (χ0n) is 14.0. The van der Waals surface area contributed by atoms with Crippen LogP contribution < -0.4 is 0 Å². The molecule has 0 atom stereocenters. The van der Waals surface area contributed by atoms with E-state index < -0.39 is 0 Å². The summed E-state index contributed by atoms with van der Waals surface area (Å²) in [5, 5.41) is 9.59. The molecule has 0 aliphatic carbocycles. The first kappa shape index (κ1) is 15.8. The number of aromatic amines is 1. The minimum Gasteiger partial charge on any atom is -0.335 e. The Morgan fingerprint density at radius 3 is 2.88 bits per heavy atom. The van der Waals surface area contributed by atoms with Crippen molar-refractivity contribution in [2.45, 2.75) is 19.5 Å². The van der Waals surface area contributed by atoms with Gasteiger partial charge in [0.05, 0.1) is 0 Å². The monoisotopic (exact) mass is 345 g/mol. The molecule has 6 nitrogen and oxygen atoms in total. The number of nitrogens with zero attached hydrogens (tertiary/aromatic N) is 4. The summed E-state index contributed by atoms with van der Waals surface area (Å²) in [5.41, 5.74) is 2.86. The van der Waals surface area contributed by atoms with E-state index in [1.165, 1.54) is 4.88 Å². The molecule has 2 aliphatic rings. The average Bonchev–Trinajstić information content (AvgIpc) is 3.24. The van der Waals surface area contributed by atoms with Crippen molar-refractivity contribution in [1.82, 2.24) is 24.9 Å². The molecule has 0 radical (unpaired) electrons. The van der Waals surface area contributed by atoms with E-state index in [1.807, 2.05) is 4.90 Å². The molecular formula is C17H23N5OS. The van der Waals surface area contributed by atoms with Crippen LogP contribution in [-0.4, -0.2) is 70.6 Å². The lowest BCUT2D eigenvalue weighted by Gasteiger charge is -2.32. The van der Waals surface area contributed by atoms with Gasteiger partial charge in [-0.2, -0.15) is 5.10 Å². The first-order chi connectivity index (χ1) is 11.7. The molecule has 4 rings (SSSR count). The molecule has 4 heterocycles. The Hall–Kier alpha value is -1.70. The summed E-state index contributed by atoms with van der Waals surface area (Å²) in [4.78, 5) is 20.8. The second-order valence-electron chi connectivity index (χ2n) is 6.66. The van der Waals surface area contributed by atoms with Crippen LogP contribution in [0.4, 0.5) is 0 Å². The highest BCUT2D eigenvalue weighted by Crippen LogP contribution is 2.24. The fourth-order valence-electron chi connectivity index (χ4n) is 3.45. The first-order valence-electron chi connectivity index (χ1n) is 8.49. The summed E-state index contributed by atoms with van der Waals surface area (Å²) in [6.07, 6.45) is 0.934. The van der Waals surface area contributed by atoms with Gasteiger partial charge in [0.15, 0.2) is 5.69 Å². The zero-order valence-corrected chi connectivity index (χ0v) is 14.8. The van der Waals surface area contributed by atoms with E-state index in [0.717, 1.165) is 63.5 Å². The van der Waals surface area contributed by atoms with Gasteiger partial charge in [-0.15, -0.1) is 11.3 Å². The molecule has 1 fully saturated rings. The number of carbonyl (C=O) groups is 1. The third-order valence-electron chi connectivity index (χ3n) is 4.97. The predicted octanol–water partition coefficient (Wildman–Crippen LogP) is 1.42. The summed E-state index contributed by atoms with van der Waals surface area (Å²) in [6.45, 7) is 6.20. The van der Waals surface area contributed by atoms with Crippen LogP contribution in [0.1, 0.15) is 26.6 Å². The standard InChI is InChI=1S/C17H23N5OS/c1-20-6-8-22(9-7-20)17(23)16-14-12-21(5-4-15(14)18-19-16)11-13-3-2-10-24-13/h2-3,10H,4-9,11-12H2,1H3,(H,18,19). The Morgan fingerprint density at radius 1 is 1.29 bits per heavy atom. The fraction of sp³-hybridized carbons (Fsp3) is 0.529. The zero-order chi connectivity index (χ0) is 16.5.